The summed E-state index contributed by atoms with van der Waals surface area (Å²) in [4.78, 5) is 37.0. The Labute approximate surface area is 150 Å². The van der Waals surface area contributed by atoms with E-state index in [1.165, 1.54) is 25.1 Å². The van der Waals surface area contributed by atoms with Crippen molar-refractivity contribution in [3.63, 3.8) is 0 Å². The van der Waals surface area contributed by atoms with Crippen LogP contribution in [0.5, 0.6) is 0 Å². The van der Waals surface area contributed by atoms with Crippen LogP contribution in [0, 0.1) is 0 Å². The average Bonchev–Trinajstić information content (AvgIpc) is 2.62. The third kappa shape index (κ3) is 4.07. The molecule has 136 valence electrons. The number of carboxylic acid groups (broad SMARTS) is 2. The van der Waals surface area contributed by atoms with E-state index in [4.69, 9.17) is 0 Å². The highest BCUT2D eigenvalue weighted by Crippen LogP contribution is 2.29. The Hall–Kier alpha value is -3.19. The normalized spacial score (nSPS) is 11.6. The third-order valence-electron chi connectivity index (χ3n) is 3.97. The minimum Gasteiger partial charge on any atom is -0.480 e. The lowest BCUT2D eigenvalue weighted by molar-refractivity contribution is -0.139. The highest BCUT2D eigenvalue weighted by Gasteiger charge is 2.32. The van der Waals surface area contributed by atoms with E-state index < -0.39 is 30.5 Å². The lowest BCUT2D eigenvalue weighted by atomic mass is 10.0. The summed E-state index contributed by atoms with van der Waals surface area (Å²) >= 11 is 0. The molecule has 26 heavy (non-hydrogen) atoms. The number of carbonyl (C=O) groups excluding carboxylic acids is 1. The Morgan fingerprint density at radius 3 is 2.19 bits per heavy atom. The van der Waals surface area contributed by atoms with Crippen molar-refractivity contribution in [2.24, 2.45) is 0 Å². The van der Waals surface area contributed by atoms with Crippen molar-refractivity contribution >= 4 is 23.5 Å². The number of carbonyl (C=O) groups is 3. The van der Waals surface area contributed by atoms with E-state index in [9.17, 15) is 29.7 Å². The van der Waals surface area contributed by atoms with Crippen LogP contribution in [-0.4, -0.2) is 39.2 Å². The third-order valence-corrected chi connectivity index (χ3v) is 3.97. The summed E-state index contributed by atoms with van der Waals surface area (Å²) in [5, 5.41) is 28.5. The van der Waals surface area contributed by atoms with E-state index in [0.29, 0.717) is 5.56 Å². The predicted molar refractivity (Wildman–Crippen MR) is 94.1 cm³/mol. The summed E-state index contributed by atoms with van der Waals surface area (Å²) < 4.78 is 0. The molecule has 0 fully saturated rings. The quantitative estimate of drug-likeness (QED) is 0.697. The number of benzene rings is 2. The maximum Gasteiger partial charge on any atom is 0.337 e. The topological polar surface area (TPSA) is 115 Å². The molecule has 0 aliphatic heterocycles. The number of hydrogen-bond donors (Lipinski definition) is 3. The molecule has 3 N–H and O–H groups in total. The zero-order valence-electron chi connectivity index (χ0n) is 14.1. The van der Waals surface area contributed by atoms with Crippen molar-refractivity contribution < 1.29 is 29.7 Å². The molecular formula is C19H19NO6. The van der Waals surface area contributed by atoms with Gasteiger partial charge in [-0.15, -0.1) is 0 Å². The van der Waals surface area contributed by atoms with Crippen LogP contribution < -0.4 is 4.90 Å². The van der Waals surface area contributed by atoms with Crippen LogP contribution in [0.3, 0.4) is 0 Å². The summed E-state index contributed by atoms with van der Waals surface area (Å²) in [5.74, 6) is -3.17. The molecule has 0 aliphatic carbocycles. The van der Waals surface area contributed by atoms with Gasteiger partial charge in [-0.05, 0) is 18.6 Å². The molecule has 0 bridgehead atoms. The number of amides is 1. The van der Waals surface area contributed by atoms with Crippen molar-refractivity contribution in [1.82, 2.24) is 0 Å². The van der Waals surface area contributed by atoms with Gasteiger partial charge in [-0.1, -0.05) is 42.5 Å². The van der Waals surface area contributed by atoms with E-state index in [1.54, 1.807) is 30.3 Å². The number of carboxylic acids is 2. The molecule has 2 aromatic carbocycles. The SMILES string of the molecule is CC(C(=O)O)N(C(=O)Cc1ccccc1)c1c(CO)cccc1C(=O)O. The summed E-state index contributed by atoms with van der Waals surface area (Å²) in [7, 11) is 0. The van der Waals surface area contributed by atoms with E-state index in [-0.39, 0.29) is 23.2 Å². The summed E-state index contributed by atoms with van der Waals surface area (Å²) in [6.07, 6.45) is -0.0999. The first-order valence-electron chi connectivity index (χ1n) is 7.91. The highest BCUT2D eigenvalue weighted by atomic mass is 16.4. The highest BCUT2D eigenvalue weighted by molar-refractivity contribution is 6.06. The zero-order chi connectivity index (χ0) is 19.3. The number of hydrogen-bond acceptors (Lipinski definition) is 4. The van der Waals surface area contributed by atoms with Crippen LogP contribution in [0.4, 0.5) is 5.69 Å². The molecule has 2 rings (SSSR count). The average molecular weight is 357 g/mol. The van der Waals surface area contributed by atoms with Gasteiger partial charge < -0.3 is 15.3 Å². The number of nitrogens with zero attached hydrogens (tertiary/aromatic N) is 1. The Balaban J connectivity index is 2.57. The predicted octanol–water partition coefficient (Wildman–Crippen LogP) is 1.93. The second-order valence-corrected chi connectivity index (χ2v) is 5.72. The van der Waals surface area contributed by atoms with Gasteiger partial charge in [0.15, 0.2) is 0 Å². The molecule has 0 spiro atoms. The fraction of sp³-hybridized carbons (Fsp3) is 0.211. The van der Waals surface area contributed by atoms with Gasteiger partial charge in [0.25, 0.3) is 0 Å². The number of aromatic carboxylic acids is 1. The summed E-state index contributed by atoms with van der Waals surface area (Å²) in [5.41, 5.74) is 0.488. The maximum atomic E-state index is 12.9. The van der Waals surface area contributed by atoms with Crippen LogP contribution >= 0.6 is 0 Å². The molecular weight excluding hydrogens is 338 g/mol. The Bertz CT molecular complexity index is 818. The smallest absolute Gasteiger partial charge is 0.337 e. The van der Waals surface area contributed by atoms with E-state index in [2.05, 4.69) is 0 Å². The molecule has 1 unspecified atom stereocenters. The number of anilines is 1. The molecule has 7 nitrogen and oxygen atoms in total. The number of para-hydroxylation sites is 1. The molecule has 2 aromatic rings. The Morgan fingerprint density at radius 1 is 1.00 bits per heavy atom. The molecule has 0 aromatic heterocycles. The van der Waals surface area contributed by atoms with E-state index in [0.717, 1.165) is 4.90 Å². The summed E-state index contributed by atoms with van der Waals surface area (Å²) in [6, 6.07) is 11.6. The zero-order valence-corrected chi connectivity index (χ0v) is 14.1. The van der Waals surface area contributed by atoms with Gasteiger partial charge in [0.1, 0.15) is 6.04 Å². The maximum absolute atomic E-state index is 12.9. The molecule has 0 aliphatic rings. The van der Waals surface area contributed by atoms with Crippen LogP contribution in [0.2, 0.25) is 0 Å². The monoisotopic (exact) mass is 357 g/mol. The number of rotatable bonds is 7. The first kappa shape index (κ1) is 19.1. The number of aliphatic hydroxyl groups excluding tert-OH is 1. The van der Waals surface area contributed by atoms with Crippen LogP contribution in [-0.2, 0) is 22.6 Å². The molecule has 0 radical (unpaired) electrons. The van der Waals surface area contributed by atoms with E-state index in [1.807, 2.05) is 0 Å². The van der Waals surface area contributed by atoms with Crippen molar-refractivity contribution in [3.8, 4) is 0 Å². The van der Waals surface area contributed by atoms with Gasteiger partial charge in [-0.3, -0.25) is 9.69 Å². The van der Waals surface area contributed by atoms with Gasteiger partial charge in [-0.2, -0.15) is 0 Å². The number of aliphatic carboxylic acids is 1. The van der Waals surface area contributed by atoms with Gasteiger partial charge in [0.05, 0.1) is 24.3 Å². The van der Waals surface area contributed by atoms with Gasteiger partial charge in [0, 0.05) is 5.56 Å². The van der Waals surface area contributed by atoms with Crippen molar-refractivity contribution in [2.75, 3.05) is 4.90 Å². The standard InChI is InChI=1S/C19H19NO6/c1-12(18(23)24)20(16(22)10-13-6-3-2-4-7-13)17-14(11-21)8-5-9-15(17)19(25)26/h2-9,12,21H,10-11H2,1H3,(H,23,24)(H,25,26). The molecule has 0 saturated carbocycles. The lowest BCUT2D eigenvalue weighted by Gasteiger charge is -2.30. The Kier molecular flexibility index (Phi) is 6.08. The minimum absolute atomic E-state index is 0.0988. The fourth-order valence-corrected chi connectivity index (χ4v) is 2.68. The lowest BCUT2D eigenvalue weighted by Crippen LogP contribution is -2.45. The number of aliphatic hydroxyl groups is 1. The van der Waals surface area contributed by atoms with E-state index >= 15 is 0 Å². The molecule has 0 heterocycles. The molecule has 1 atom stereocenters. The molecule has 0 saturated heterocycles. The van der Waals surface area contributed by atoms with Crippen molar-refractivity contribution in [1.29, 1.82) is 0 Å². The second kappa shape index (κ2) is 8.26. The first-order chi connectivity index (χ1) is 12.4. The first-order valence-corrected chi connectivity index (χ1v) is 7.91. The van der Waals surface area contributed by atoms with Crippen molar-refractivity contribution in [2.45, 2.75) is 26.0 Å². The van der Waals surface area contributed by atoms with Crippen LogP contribution in [0.1, 0.15) is 28.4 Å². The van der Waals surface area contributed by atoms with Gasteiger partial charge in [0.2, 0.25) is 5.91 Å². The van der Waals surface area contributed by atoms with Crippen LogP contribution in [0.25, 0.3) is 0 Å². The summed E-state index contributed by atoms with van der Waals surface area (Å²) in [6.45, 7) is 0.767. The van der Waals surface area contributed by atoms with Gasteiger partial charge in [-0.25, -0.2) is 9.59 Å². The van der Waals surface area contributed by atoms with Crippen molar-refractivity contribution in [3.05, 3.63) is 65.2 Å². The minimum atomic E-state index is -1.31. The van der Waals surface area contributed by atoms with Gasteiger partial charge >= 0.3 is 11.9 Å². The Morgan fingerprint density at radius 2 is 1.65 bits per heavy atom. The molecule has 7 heteroatoms. The molecule has 1 amide bonds. The second-order valence-electron chi connectivity index (χ2n) is 5.72. The fourth-order valence-electron chi connectivity index (χ4n) is 2.68. The van der Waals surface area contributed by atoms with Crippen LogP contribution in [0.15, 0.2) is 48.5 Å². The largest absolute Gasteiger partial charge is 0.480 e.